The number of aryl methyl sites for hydroxylation is 2. The Kier molecular flexibility index (Phi) is 2.73. The van der Waals surface area contributed by atoms with Gasteiger partial charge in [0.1, 0.15) is 5.75 Å². The number of ether oxygens (including phenoxy) is 1. The average molecular weight is 259 g/mol. The van der Waals surface area contributed by atoms with E-state index < -0.39 is 5.97 Å². The zero-order valence-corrected chi connectivity index (χ0v) is 11.1. The van der Waals surface area contributed by atoms with E-state index in [0.717, 1.165) is 29.8 Å². The monoisotopic (exact) mass is 259 g/mol. The first-order valence-electron chi connectivity index (χ1n) is 6.48. The molecule has 1 aliphatic rings. The normalized spacial score (nSPS) is 18.3. The van der Waals surface area contributed by atoms with E-state index in [2.05, 4.69) is 10.6 Å². The number of nitrogens with zero attached hydrogens (tertiary/aromatic N) is 1. The second-order valence-electron chi connectivity index (χ2n) is 5.15. The maximum Gasteiger partial charge on any atom is 0.306 e. The Bertz CT molecular complexity index is 657. The smallest absolute Gasteiger partial charge is 0.306 e. The van der Waals surface area contributed by atoms with E-state index in [9.17, 15) is 9.90 Å². The van der Waals surface area contributed by atoms with E-state index in [1.807, 2.05) is 19.2 Å². The fraction of sp³-hybridized carbons (Fsp3) is 0.400. The highest BCUT2D eigenvalue weighted by atomic mass is 16.5. The van der Waals surface area contributed by atoms with Gasteiger partial charge in [0, 0.05) is 30.1 Å². The van der Waals surface area contributed by atoms with E-state index >= 15 is 0 Å². The summed E-state index contributed by atoms with van der Waals surface area (Å²) in [4.78, 5) is 11.2. The van der Waals surface area contributed by atoms with E-state index in [4.69, 9.17) is 4.74 Å². The molecule has 0 bridgehead atoms. The van der Waals surface area contributed by atoms with Crippen molar-refractivity contribution in [1.82, 2.24) is 4.57 Å². The summed E-state index contributed by atoms with van der Waals surface area (Å²) in [6, 6.07) is 6.04. The van der Waals surface area contributed by atoms with Crippen molar-refractivity contribution < 1.29 is 14.6 Å². The van der Waals surface area contributed by atoms with E-state index in [0.29, 0.717) is 6.42 Å². The largest absolute Gasteiger partial charge is 0.497 e. The van der Waals surface area contributed by atoms with Crippen molar-refractivity contribution in [1.29, 1.82) is 0 Å². The van der Waals surface area contributed by atoms with Crippen LogP contribution in [0.1, 0.15) is 17.7 Å². The van der Waals surface area contributed by atoms with Crippen molar-refractivity contribution in [3.8, 4) is 5.75 Å². The lowest BCUT2D eigenvalue weighted by molar-refractivity contribution is -0.142. The molecule has 0 saturated carbocycles. The summed E-state index contributed by atoms with van der Waals surface area (Å²) < 4.78 is 7.40. The molecule has 100 valence electrons. The minimum absolute atomic E-state index is 0.252. The van der Waals surface area contributed by atoms with E-state index in [1.54, 1.807) is 7.11 Å². The number of fused-ring (bicyclic) bond motifs is 3. The van der Waals surface area contributed by atoms with Crippen LogP contribution in [0, 0.1) is 5.92 Å². The van der Waals surface area contributed by atoms with Gasteiger partial charge < -0.3 is 14.4 Å². The van der Waals surface area contributed by atoms with Crippen LogP contribution in [-0.4, -0.2) is 22.8 Å². The van der Waals surface area contributed by atoms with Crippen molar-refractivity contribution in [2.75, 3.05) is 7.11 Å². The van der Waals surface area contributed by atoms with Crippen LogP contribution >= 0.6 is 0 Å². The fourth-order valence-electron chi connectivity index (χ4n) is 3.08. The van der Waals surface area contributed by atoms with Gasteiger partial charge in [-0.05, 0) is 36.6 Å². The van der Waals surface area contributed by atoms with Gasteiger partial charge >= 0.3 is 5.97 Å². The predicted octanol–water partition coefficient (Wildman–Crippen LogP) is 2.38. The molecule has 2 aromatic rings. The lowest BCUT2D eigenvalue weighted by atomic mass is 9.87. The first kappa shape index (κ1) is 12.1. The third-order valence-corrected chi connectivity index (χ3v) is 4.18. The van der Waals surface area contributed by atoms with E-state index in [1.165, 1.54) is 10.9 Å². The number of carboxylic acids is 1. The molecule has 1 aromatic heterocycles. The second kappa shape index (κ2) is 4.30. The summed E-state index contributed by atoms with van der Waals surface area (Å²) in [5.74, 6) is -0.0906. The molecular weight excluding hydrogens is 242 g/mol. The summed E-state index contributed by atoms with van der Waals surface area (Å²) >= 11 is 0. The van der Waals surface area contributed by atoms with Gasteiger partial charge in [-0.15, -0.1) is 0 Å². The SMILES string of the molecule is COc1ccc2c(c1)c1c(n2C)CC(C(=O)O)CC1. The van der Waals surface area contributed by atoms with Gasteiger partial charge in [-0.1, -0.05) is 0 Å². The Morgan fingerprint density at radius 2 is 2.26 bits per heavy atom. The minimum atomic E-state index is -0.687. The molecule has 0 amide bonds. The second-order valence-corrected chi connectivity index (χ2v) is 5.15. The minimum Gasteiger partial charge on any atom is -0.497 e. The Labute approximate surface area is 111 Å². The Morgan fingerprint density at radius 1 is 1.47 bits per heavy atom. The maximum absolute atomic E-state index is 11.2. The van der Waals surface area contributed by atoms with Gasteiger partial charge in [-0.3, -0.25) is 4.79 Å². The standard InChI is InChI=1S/C15H17NO3/c1-16-13-6-4-10(19-2)8-12(13)11-5-3-9(15(17)18)7-14(11)16/h4,6,8-9H,3,5,7H2,1-2H3,(H,17,18). The molecule has 4 nitrogen and oxygen atoms in total. The van der Waals surface area contributed by atoms with Gasteiger partial charge in [0.2, 0.25) is 0 Å². The van der Waals surface area contributed by atoms with Gasteiger partial charge in [0.05, 0.1) is 13.0 Å². The van der Waals surface area contributed by atoms with Crippen LogP contribution in [0.4, 0.5) is 0 Å². The van der Waals surface area contributed by atoms with Crippen molar-refractivity contribution in [3.05, 3.63) is 29.5 Å². The van der Waals surface area contributed by atoms with Gasteiger partial charge in [0.25, 0.3) is 0 Å². The van der Waals surface area contributed by atoms with Crippen molar-refractivity contribution in [2.45, 2.75) is 19.3 Å². The molecule has 1 heterocycles. The third-order valence-electron chi connectivity index (χ3n) is 4.18. The first-order valence-corrected chi connectivity index (χ1v) is 6.48. The van der Waals surface area contributed by atoms with Crippen LogP contribution in [0.3, 0.4) is 0 Å². The molecule has 19 heavy (non-hydrogen) atoms. The van der Waals surface area contributed by atoms with Crippen LogP contribution in [0.2, 0.25) is 0 Å². The zero-order valence-electron chi connectivity index (χ0n) is 11.1. The van der Waals surface area contributed by atoms with Gasteiger partial charge in [0.15, 0.2) is 0 Å². The quantitative estimate of drug-likeness (QED) is 0.900. The number of rotatable bonds is 2. The highest BCUT2D eigenvalue weighted by molar-refractivity contribution is 5.87. The third kappa shape index (κ3) is 1.79. The Balaban J connectivity index is 2.16. The number of aromatic nitrogens is 1. The summed E-state index contributed by atoms with van der Waals surface area (Å²) in [5.41, 5.74) is 3.59. The Hall–Kier alpha value is -1.97. The summed E-state index contributed by atoms with van der Waals surface area (Å²) in [6.45, 7) is 0. The zero-order chi connectivity index (χ0) is 13.6. The first-order chi connectivity index (χ1) is 9.11. The molecule has 3 rings (SSSR count). The lowest BCUT2D eigenvalue weighted by Gasteiger charge is -2.20. The molecule has 1 aliphatic carbocycles. The summed E-state index contributed by atoms with van der Waals surface area (Å²) in [5, 5.41) is 10.4. The van der Waals surface area contributed by atoms with Crippen molar-refractivity contribution >= 4 is 16.9 Å². The molecule has 0 radical (unpaired) electrons. The fourth-order valence-corrected chi connectivity index (χ4v) is 3.08. The number of methoxy groups -OCH3 is 1. The van der Waals surface area contributed by atoms with Crippen LogP contribution < -0.4 is 4.74 Å². The number of carboxylic acid groups (broad SMARTS) is 1. The summed E-state index contributed by atoms with van der Waals surface area (Å²) in [6.07, 6.45) is 2.17. The van der Waals surface area contributed by atoms with E-state index in [-0.39, 0.29) is 5.92 Å². The highest BCUT2D eigenvalue weighted by Gasteiger charge is 2.28. The Morgan fingerprint density at radius 3 is 2.95 bits per heavy atom. The number of hydrogen-bond donors (Lipinski definition) is 1. The molecule has 0 saturated heterocycles. The molecule has 0 fully saturated rings. The number of benzene rings is 1. The average Bonchev–Trinajstić information content (AvgIpc) is 2.71. The number of carbonyl (C=O) groups is 1. The molecule has 4 heteroatoms. The lowest BCUT2D eigenvalue weighted by Crippen LogP contribution is -2.23. The van der Waals surface area contributed by atoms with Crippen molar-refractivity contribution in [2.24, 2.45) is 13.0 Å². The topological polar surface area (TPSA) is 51.5 Å². The number of hydrogen-bond acceptors (Lipinski definition) is 2. The molecule has 0 aliphatic heterocycles. The number of aliphatic carboxylic acids is 1. The van der Waals surface area contributed by atoms with Crippen LogP contribution in [-0.2, 0) is 24.7 Å². The van der Waals surface area contributed by atoms with Crippen LogP contribution in [0.5, 0.6) is 5.75 Å². The molecule has 0 spiro atoms. The van der Waals surface area contributed by atoms with Gasteiger partial charge in [-0.2, -0.15) is 0 Å². The van der Waals surface area contributed by atoms with Gasteiger partial charge in [-0.25, -0.2) is 0 Å². The maximum atomic E-state index is 11.2. The molecule has 1 unspecified atom stereocenters. The molecular formula is C15H17NO3. The van der Waals surface area contributed by atoms with Crippen LogP contribution in [0.25, 0.3) is 10.9 Å². The molecule has 1 atom stereocenters. The van der Waals surface area contributed by atoms with Crippen LogP contribution in [0.15, 0.2) is 18.2 Å². The van der Waals surface area contributed by atoms with Crippen molar-refractivity contribution in [3.63, 3.8) is 0 Å². The predicted molar refractivity (Wildman–Crippen MR) is 72.6 cm³/mol. The molecule has 1 aromatic carbocycles. The molecule has 1 N–H and O–H groups in total. The summed E-state index contributed by atoms with van der Waals surface area (Å²) in [7, 11) is 3.68. The highest BCUT2D eigenvalue weighted by Crippen LogP contribution is 2.35.